The van der Waals surface area contributed by atoms with Crippen LogP contribution in [0, 0.1) is 10.8 Å². The molecule has 2 heteroatoms. The lowest BCUT2D eigenvalue weighted by atomic mass is 9.71. The van der Waals surface area contributed by atoms with E-state index in [9.17, 15) is 10.2 Å². The van der Waals surface area contributed by atoms with Crippen LogP contribution in [0.2, 0.25) is 0 Å². The molecular formula is C40H56O2. The minimum Gasteiger partial charge on any atom is -0.393 e. The van der Waals surface area contributed by atoms with E-state index in [2.05, 4.69) is 154 Å². The van der Waals surface area contributed by atoms with Gasteiger partial charge in [0.2, 0.25) is 0 Å². The molecular weight excluding hydrogens is 512 g/mol. The summed E-state index contributed by atoms with van der Waals surface area (Å²) in [6.07, 6.45) is 32.6. The number of hydrogen-bond acceptors (Lipinski definition) is 2. The molecule has 0 aromatic rings. The maximum atomic E-state index is 10.1. The summed E-state index contributed by atoms with van der Waals surface area (Å²) in [7, 11) is 0. The van der Waals surface area contributed by atoms with E-state index in [-0.39, 0.29) is 23.0 Å². The van der Waals surface area contributed by atoms with Crippen LogP contribution in [-0.2, 0) is 0 Å². The molecule has 0 radical (unpaired) electrons. The highest BCUT2D eigenvalue weighted by Crippen LogP contribution is 2.42. The Bertz CT molecular complexity index is 1190. The van der Waals surface area contributed by atoms with Crippen LogP contribution in [0.3, 0.4) is 0 Å². The summed E-state index contributed by atoms with van der Waals surface area (Å²) in [6.45, 7) is 21.6. The molecule has 2 N–H and O–H groups in total. The smallest absolute Gasteiger partial charge is 0.0585 e. The summed E-state index contributed by atoms with van der Waals surface area (Å²) in [6, 6.07) is 0. The summed E-state index contributed by atoms with van der Waals surface area (Å²) in [4.78, 5) is 0. The van der Waals surface area contributed by atoms with Gasteiger partial charge in [0, 0.05) is 0 Å². The van der Waals surface area contributed by atoms with Crippen molar-refractivity contribution in [2.45, 2.75) is 107 Å². The molecule has 0 saturated carbocycles. The van der Waals surface area contributed by atoms with Crippen LogP contribution < -0.4 is 0 Å². The van der Waals surface area contributed by atoms with Gasteiger partial charge in [-0.2, -0.15) is 0 Å². The minimum absolute atomic E-state index is 0.00547. The first-order valence-electron chi connectivity index (χ1n) is 15.5. The Balaban J connectivity index is 1.90. The average Bonchev–Trinajstić information content (AvgIpc) is 2.84. The van der Waals surface area contributed by atoms with Gasteiger partial charge in [0.1, 0.15) is 0 Å². The standard InChI is InChI=1S/C40H56O2/c1-29(17-13-19-31(3)21-23-37-33(5)25-35(41)27-39(37,7)8)15-11-12-16-30(2)18-14-20-32(4)22-24-38-34(6)26-36(42)28-40(38,9)10/h11-24,35-36,41-42H,25-28H2,1-10H3/b12-11-,17-13+,18-14+,23-21+,24-22+,29-15+,30-16+,31-19+,32-20+/t35-,36-/m1/s1. The van der Waals surface area contributed by atoms with Gasteiger partial charge in [-0.3, -0.25) is 0 Å². The number of aliphatic hydroxyl groups is 2. The normalized spacial score (nSPS) is 25.0. The van der Waals surface area contributed by atoms with Gasteiger partial charge in [0.05, 0.1) is 12.2 Å². The highest BCUT2D eigenvalue weighted by Gasteiger charge is 2.32. The number of aliphatic hydroxyl groups excluding tert-OH is 2. The fourth-order valence-electron chi connectivity index (χ4n) is 6.13. The van der Waals surface area contributed by atoms with E-state index in [0.717, 1.165) is 25.7 Å². The molecule has 2 aliphatic carbocycles. The highest BCUT2D eigenvalue weighted by molar-refractivity contribution is 5.39. The second-order valence-corrected chi connectivity index (χ2v) is 13.7. The van der Waals surface area contributed by atoms with Crippen molar-refractivity contribution in [3.8, 4) is 0 Å². The van der Waals surface area contributed by atoms with Crippen LogP contribution in [0.15, 0.2) is 130 Å². The van der Waals surface area contributed by atoms with Crippen LogP contribution in [-0.4, -0.2) is 22.4 Å². The van der Waals surface area contributed by atoms with Crippen molar-refractivity contribution in [3.05, 3.63) is 130 Å². The molecule has 2 aliphatic rings. The fourth-order valence-corrected chi connectivity index (χ4v) is 6.13. The summed E-state index contributed by atoms with van der Waals surface area (Å²) in [5.74, 6) is 0. The molecule has 2 rings (SSSR count). The Morgan fingerprint density at radius 3 is 1.19 bits per heavy atom. The lowest BCUT2D eigenvalue weighted by molar-refractivity contribution is 0.116. The van der Waals surface area contributed by atoms with Crippen molar-refractivity contribution in [2.24, 2.45) is 10.8 Å². The first-order valence-corrected chi connectivity index (χ1v) is 15.5. The third-order valence-electron chi connectivity index (χ3n) is 8.24. The molecule has 0 aromatic heterocycles. The maximum Gasteiger partial charge on any atom is 0.0585 e. The largest absolute Gasteiger partial charge is 0.393 e. The molecule has 2 nitrogen and oxygen atoms in total. The van der Waals surface area contributed by atoms with Gasteiger partial charge in [0.25, 0.3) is 0 Å². The topological polar surface area (TPSA) is 40.5 Å². The van der Waals surface area contributed by atoms with Gasteiger partial charge in [-0.15, -0.1) is 0 Å². The molecule has 0 bridgehead atoms. The molecule has 0 unspecified atom stereocenters. The van der Waals surface area contributed by atoms with E-state index in [1.165, 1.54) is 44.6 Å². The Hall–Kier alpha value is -2.94. The van der Waals surface area contributed by atoms with E-state index in [0.29, 0.717) is 0 Å². The van der Waals surface area contributed by atoms with Crippen molar-refractivity contribution in [1.82, 2.24) is 0 Å². The van der Waals surface area contributed by atoms with Crippen LogP contribution in [0.25, 0.3) is 0 Å². The summed E-state index contributed by atoms with van der Waals surface area (Å²) >= 11 is 0. The van der Waals surface area contributed by atoms with Crippen molar-refractivity contribution in [3.63, 3.8) is 0 Å². The van der Waals surface area contributed by atoms with Gasteiger partial charge >= 0.3 is 0 Å². The molecule has 0 aromatic carbocycles. The zero-order valence-corrected chi connectivity index (χ0v) is 28.0. The Morgan fingerprint density at radius 1 is 0.548 bits per heavy atom. The molecule has 228 valence electrons. The Morgan fingerprint density at radius 2 is 0.857 bits per heavy atom. The number of rotatable bonds is 10. The van der Waals surface area contributed by atoms with Gasteiger partial charge in [-0.25, -0.2) is 0 Å². The van der Waals surface area contributed by atoms with Gasteiger partial charge < -0.3 is 10.2 Å². The van der Waals surface area contributed by atoms with Crippen LogP contribution in [0.4, 0.5) is 0 Å². The predicted molar refractivity (Wildman–Crippen MR) is 184 cm³/mol. The Labute approximate surface area is 257 Å². The molecule has 0 amide bonds. The van der Waals surface area contributed by atoms with Crippen LogP contribution in [0.5, 0.6) is 0 Å². The highest BCUT2D eigenvalue weighted by atomic mass is 16.3. The molecule has 2 atom stereocenters. The third-order valence-corrected chi connectivity index (χ3v) is 8.24. The van der Waals surface area contributed by atoms with Crippen LogP contribution >= 0.6 is 0 Å². The zero-order chi connectivity index (χ0) is 31.5. The van der Waals surface area contributed by atoms with Crippen molar-refractivity contribution < 1.29 is 10.2 Å². The van der Waals surface area contributed by atoms with Gasteiger partial charge in [-0.05, 0) is 89.2 Å². The zero-order valence-electron chi connectivity index (χ0n) is 28.0. The van der Waals surface area contributed by atoms with E-state index in [4.69, 9.17) is 0 Å². The van der Waals surface area contributed by atoms with E-state index < -0.39 is 0 Å². The van der Waals surface area contributed by atoms with E-state index in [1.807, 2.05) is 0 Å². The summed E-state index contributed by atoms with van der Waals surface area (Å²) < 4.78 is 0. The van der Waals surface area contributed by atoms with Crippen molar-refractivity contribution in [1.29, 1.82) is 0 Å². The van der Waals surface area contributed by atoms with Gasteiger partial charge in [0.15, 0.2) is 0 Å². The first-order chi connectivity index (χ1) is 19.6. The fraction of sp³-hybridized carbons (Fsp3) is 0.450. The number of hydrogen-bond donors (Lipinski definition) is 2. The molecule has 0 saturated heterocycles. The van der Waals surface area contributed by atoms with Gasteiger partial charge in [-0.1, -0.05) is 146 Å². The quantitative estimate of drug-likeness (QED) is 0.257. The second-order valence-electron chi connectivity index (χ2n) is 13.7. The second kappa shape index (κ2) is 16.1. The lowest BCUT2D eigenvalue weighted by Gasteiger charge is -2.35. The van der Waals surface area contributed by atoms with E-state index in [1.54, 1.807) is 0 Å². The lowest BCUT2D eigenvalue weighted by Crippen LogP contribution is -2.28. The third kappa shape index (κ3) is 11.7. The van der Waals surface area contributed by atoms with Crippen molar-refractivity contribution >= 4 is 0 Å². The molecule has 42 heavy (non-hydrogen) atoms. The SMILES string of the molecule is CC1=C(/C=C/C(C)=C/C=C/C(C)=C/C=C\C=C(C)\C=C\C=C(C)\C=C\C2=C(C)C[C@@H](O)CC2(C)C)C(C)(C)C[C@H](O)C1. The summed E-state index contributed by atoms with van der Waals surface area (Å²) in [5.41, 5.74) is 10.1. The minimum atomic E-state index is -0.227. The monoisotopic (exact) mass is 568 g/mol. The average molecular weight is 569 g/mol. The van der Waals surface area contributed by atoms with E-state index >= 15 is 0 Å². The van der Waals surface area contributed by atoms with Crippen molar-refractivity contribution in [2.75, 3.05) is 0 Å². The molecule has 0 heterocycles. The maximum absolute atomic E-state index is 10.1. The Kier molecular flexibility index (Phi) is 13.5. The first kappa shape index (κ1) is 35.3. The molecule has 0 spiro atoms. The van der Waals surface area contributed by atoms with Crippen LogP contribution in [0.1, 0.15) is 94.9 Å². The molecule has 0 aliphatic heterocycles. The molecule has 0 fully saturated rings. The summed E-state index contributed by atoms with van der Waals surface area (Å²) in [5, 5.41) is 20.2. The predicted octanol–water partition coefficient (Wildman–Crippen LogP) is 10.5. The number of allylic oxidation sites excluding steroid dienone is 20.